The largest absolute Gasteiger partial charge is 0.468 e. The Balaban J connectivity index is 1.60. The lowest BCUT2D eigenvalue weighted by molar-refractivity contribution is 0.230. The summed E-state index contributed by atoms with van der Waals surface area (Å²) in [6, 6.07) is 5.93. The zero-order valence-corrected chi connectivity index (χ0v) is 11.6. The van der Waals surface area contributed by atoms with E-state index in [1.54, 1.807) is 6.26 Å². The number of aryl methyl sites for hydroxylation is 1. The van der Waals surface area contributed by atoms with Crippen LogP contribution in [0.1, 0.15) is 11.5 Å². The van der Waals surface area contributed by atoms with Gasteiger partial charge in [0.2, 0.25) is 5.95 Å². The first kappa shape index (κ1) is 12.9. The highest BCUT2D eigenvalue weighted by Crippen LogP contribution is 2.16. The molecule has 2 aromatic heterocycles. The van der Waals surface area contributed by atoms with Crippen LogP contribution in [0.4, 0.5) is 11.8 Å². The van der Waals surface area contributed by atoms with E-state index in [4.69, 9.17) is 10.2 Å². The van der Waals surface area contributed by atoms with Crippen molar-refractivity contribution in [2.24, 2.45) is 0 Å². The number of furan rings is 1. The van der Waals surface area contributed by atoms with Crippen LogP contribution in [0.15, 0.2) is 28.9 Å². The zero-order chi connectivity index (χ0) is 13.9. The highest BCUT2D eigenvalue weighted by molar-refractivity contribution is 5.43. The van der Waals surface area contributed by atoms with Gasteiger partial charge in [0, 0.05) is 37.9 Å². The average Bonchev–Trinajstić information content (AvgIpc) is 2.91. The van der Waals surface area contributed by atoms with Gasteiger partial charge in [-0.25, -0.2) is 4.98 Å². The fourth-order valence-corrected chi connectivity index (χ4v) is 2.49. The molecule has 0 aliphatic carbocycles. The molecule has 0 radical (unpaired) electrons. The van der Waals surface area contributed by atoms with Crippen molar-refractivity contribution in [3.63, 3.8) is 0 Å². The minimum absolute atomic E-state index is 0.345. The molecule has 1 saturated heterocycles. The summed E-state index contributed by atoms with van der Waals surface area (Å²) in [6.45, 7) is 6.67. The quantitative estimate of drug-likeness (QED) is 0.908. The van der Waals surface area contributed by atoms with Gasteiger partial charge in [-0.3, -0.25) is 4.90 Å². The Morgan fingerprint density at radius 1 is 1.25 bits per heavy atom. The molecule has 3 rings (SSSR count). The monoisotopic (exact) mass is 273 g/mol. The first-order valence-electron chi connectivity index (χ1n) is 6.81. The summed E-state index contributed by atoms with van der Waals surface area (Å²) in [5.74, 6) is 2.28. The second-order valence-electron chi connectivity index (χ2n) is 5.07. The molecule has 20 heavy (non-hydrogen) atoms. The van der Waals surface area contributed by atoms with Crippen molar-refractivity contribution in [3.05, 3.63) is 35.9 Å². The Hall–Kier alpha value is -2.08. The van der Waals surface area contributed by atoms with E-state index in [0.717, 1.165) is 50.0 Å². The molecule has 1 aliphatic heterocycles. The first-order chi connectivity index (χ1) is 9.70. The maximum Gasteiger partial charge on any atom is 0.222 e. The molecule has 0 atom stereocenters. The van der Waals surface area contributed by atoms with Gasteiger partial charge in [0.25, 0.3) is 0 Å². The van der Waals surface area contributed by atoms with Crippen LogP contribution in [0, 0.1) is 6.92 Å². The molecule has 106 valence electrons. The number of nitrogen functional groups attached to an aromatic ring is 1. The van der Waals surface area contributed by atoms with Gasteiger partial charge in [0.05, 0.1) is 12.8 Å². The van der Waals surface area contributed by atoms with E-state index >= 15 is 0 Å². The summed E-state index contributed by atoms with van der Waals surface area (Å²) < 4.78 is 5.39. The third-order valence-corrected chi connectivity index (χ3v) is 3.51. The fraction of sp³-hybridized carbons (Fsp3) is 0.429. The fourth-order valence-electron chi connectivity index (χ4n) is 2.49. The molecule has 6 heteroatoms. The smallest absolute Gasteiger partial charge is 0.222 e. The van der Waals surface area contributed by atoms with Gasteiger partial charge in [-0.1, -0.05) is 0 Å². The minimum Gasteiger partial charge on any atom is -0.468 e. The van der Waals surface area contributed by atoms with E-state index in [9.17, 15) is 0 Å². The molecule has 0 unspecified atom stereocenters. The second kappa shape index (κ2) is 5.50. The van der Waals surface area contributed by atoms with Gasteiger partial charge >= 0.3 is 0 Å². The van der Waals surface area contributed by atoms with E-state index in [1.807, 2.05) is 25.1 Å². The number of hydrogen-bond donors (Lipinski definition) is 1. The van der Waals surface area contributed by atoms with E-state index in [0.29, 0.717) is 5.95 Å². The van der Waals surface area contributed by atoms with Crippen molar-refractivity contribution in [2.75, 3.05) is 36.8 Å². The zero-order valence-electron chi connectivity index (χ0n) is 11.6. The van der Waals surface area contributed by atoms with Crippen molar-refractivity contribution in [2.45, 2.75) is 13.5 Å². The molecule has 0 spiro atoms. The molecule has 1 fully saturated rings. The number of aromatic nitrogens is 2. The second-order valence-corrected chi connectivity index (χ2v) is 5.07. The van der Waals surface area contributed by atoms with Gasteiger partial charge in [-0.2, -0.15) is 4.98 Å². The Labute approximate surface area is 118 Å². The Bertz CT molecular complexity index is 541. The van der Waals surface area contributed by atoms with Crippen LogP contribution in [0.2, 0.25) is 0 Å². The minimum atomic E-state index is 0.345. The molecule has 1 aliphatic rings. The Morgan fingerprint density at radius 3 is 2.70 bits per heavy atom. The predicted octanol–water partition coefficient (Wildman–Crippen LogP) is 1.28. The van der Waals surface area contributed by atoms with Crippen LogP contribution < -0.4 is 10.6 Å². The lowest BCUT2D eigenvalue weighted by Gasteiger charge is -2.35. The van der Waals surface area contributed by atoms with E-state index in [1.165, 1.54) is 0 Å². The molecule has 3 heterocycles. The van der Waals surface area contributed by atoms with Crippen LogP contribution in [-0.2, 0) is 6.54 Å². The lowest BCUT2D eigenvalue weighted by Crippen LogP contribution is -2.46. The summed E-state index contributed by atoms with van der Waals surface area (Å²) in [7, 11) is 0. The molecule has 0 saturated carbocycles. The maximum absolute atomic E-state index is 5.71. The normalized spacial score (nSPS) is 16.6. The summed E-state index contributed by atoms with van der Waals surface area (Å²) in [4.78, 5) is 13.1. The number of nitrogens with two attached hydrogens (primary N) is 1. The van der Waals surface area contributed by atoms with Gasteiger partial charge in [0.1, 0.15) is 11.6 Å². The summed E-state index contributed by atoms with van der Waals surface area (Å²) in [5.41, 5.74) is 6.62. The summed E-state index contributed by atoms with van der Waals surface area (Å²) in [5, 5.41) is 0. The lowest BCUT2D eigenvalue weighted by atomic mass is 10.3. The van der Waals surface area contributed by atoms with Crippen LogP contribution in [0.5, 0.6) is 0 Å². The molecule has 2 aromatic rings. The highest BCUT2D eigenvalue weighted by Gasteiger charge is 2.19. The first-order valence-corrected chi connectivity index (χ1v) is 6.81. The predicted molar refractivity (Wildman–Crippen MR) is 77.4 cm³/mol. The number of hydrogen-bond acceptors (Lipinski definition) is 6. The van der Waals surface area contributed by atoms with Crippen LogP contribution in [-0.4, -0.2) is 41.0 Å². The van der Waals surface area contributed by atoms with Gasteiger partial charge in [0.15, 0.2) is 0 Å². The number of nitrogens with zero attached hydrogens (tertiary/aromatic N) is 4. The van der Waals surface area contributed by atoms with Crippen LogP contribution in [0.3, 0.4) is 0 Å². The molecular formula is C14H19N5O. The standard InChI is InChI=1S/C14H19N5O/c1-11-9-13(17-14(15)16-11)19-6-4-18(5-7-19)10-12-3-2-8-20-12/h2-3,8-9H,4-7,10H2,1H3,(H2,15,16,17). The Kier molecular flexibility index (Phi) is 3.56. The highest BCUT2D eigenvalue weighted by atomic mass is 16.3. The molecule has 6 nitrogen and oxygen atoms in total. The van der Waals surface area contributed by atoms with Crippen molar-refractivity contribution in [1.82, 2.24) is 14.9 Å². The number of piperazine rings is 1. The molecule has 2 N–H and O–H groups in total. The number of anilines is 2. The van der Waals surface area contributed by atoms with Crippen LogP contribution in [0.25, 0.3) is 0 Å². The summed E-state index contributed by atoms with van der Waals surface area (Å²) >= 11 is 0. The molecular weight excluding hydrogens is 254 g/mol. The SMILES string of the molecule is Cc1cc(N2CCN(Cc3ccco3)CC2)nc(N)n1. The van der Waals surface area contributed by atoms with Crippen LogP contribution >= 0.6 is 0 Å². The van der Waals surface area contributed by atoms with Crippen molar-refractivity contribution >= 4 is 11.8 Å². The topological polar surface area (TPSA) is 71.4 Å². The maximum atomic E-state index is 5.71. The van der Waals surface area contributed by atoms with Crippen molar-refractivity contribution in [1.29, 1.82) is 0 Å². The average molecular weight is 273 g/mol. The molecule has 0 aromatic carbocycles. The van der Waals surface area contributed by atoms with Crippen molar-refractivity contribution < 1.29 is 4.42 Å². The summed E-state index contributed by atoms with van der Waals surface area (Å²) in [6.07, 6.45) is 1.72. The van der Waals surface area contributed by atoms with Gasteiger partial charge in [-0.15, -0.1) is 0 Å². The van der Waals surface area contributed by atoms with Crippen molar-refractivity contribution in [3.8, 4) is 0 Å². The molecule has 0 amide bonds. The molecule has 0 bridgehead atoms. The third-order valence-electron chi connectivity index (χ3n) is 3.51. The Morgan fingerprint density at radius 2 is 2.05 bits per heavy atom. The van der Waals surface area contributed by atoms with Gasteiger partial charge < -0.3 is 15.1 Å². The number of rotatable bonds is 3. The van der Waals surface area contributed by atoms with Gasteiger partial charge in [-0.05, 0) is 19.1 Å². The van der Waals surface area contributed by atoms with E-state index < -0.39 is 0 Å². The van der Waals surface area contributed by atoms with E-state index in [-0.39, 0.29) is 0 Å². The van der Waals surface area contributed by atoms with E-state index in [2.05, 4.69) is 19.8 Å². The third kappa shape index (κ3) is 2.91.